The van der Waals surface area contributed by atoms with E-state index >= 15 is 0 Å². The Balaban J connectivity index is 1.53. The molecular formula is C24H30N4O. The van der Waals surface area contributed by atoms with Crippen LogP contribution in [0, 0.1) is 11.3 Å². The minimum absolute atomic E-state index is 0.0733. The summed E-state index contributed by atoms with van der Waals surface area (Å²) >= 11 is 0. The first-order chi connectivity index (χ1) is 14.2. The standard InChI is InChI=1S/C24H30N4O/c1-21(24(29)28(15-8-14-25)23-11-6-3-7-12-23)27-19-17-26(18-20-27)16-13-22-9-4-2-5-10-22/h2-7,9-12,21H,8,13,15-20H2,1H3. The lowest BCUT2D eigenvalue weighted by Crippen LogP contribution is -2.55. The van der Waals surface area contributed by atoms with E-state index in [2.05, 4.69) is 46.2 Å². The fraction of sp³-hybridized carbons (Fsp3) is 0.417. The Labute approximate surface area is 174 Å². The summed E-state index contributed by atoms with van der Waals surface area (Å²) in [4.78, 5) is 19.7. The van der Waals surface area contributed by atoms with Crippen molar-refractivity contribution in [1.29, 1.82) is 5.26 Å². The maximum Gasteiger partial charge on any atom is 0.244 e. The first kappa shape index (κ1) is 21.0. The molecular weight excluding hydrogens is 360 g/mol. The molecule has 1 heterocycles. The van der Waals surface area contributed by atoms with Crippen LogP contribution in [0.25, 0.3) is 0 Å². The molecule has 1 aliphatic rings. The average Bonchev–Trinajstić information content (AvgIpc) is 2.79. The van der Waals surface area contributed by atoms with E-state index in [1.54, 1.807) is 4.90 Å². The second kappa shape index (κ2) is 10.8. The lowest BCUT2D eigenvalue weighted by molar-refractivity contribution is -0.124. The molecule has 0 aromatic heterocycles. The number of amides is 1. The van der Waals surface area contributed by atoms with Gasteiger partial charge in [0.2, 0.25) is 5.91 Å². The molecule has 1 fully saturated rings. The summed E-state index contributed by atoms with van der Waals surface area (Å²) in [5, 5.41) is 8.99. The molecule has 0 N–H and O–H groups in total. The maximum atomic E-state index is 13.2. The third-order valence-electron chi connectivity index (χ3n) is 5.65. The van der Waals surface area contributed by atoms with Gasteiger partial charge in [0.25, 0.3) is 0 Å². The number of carbonyl (C=O) groups is 1. The predicted molar refractivity (Wildman–Crippen MR) is 117 cm³/mol. The zero-order valence-corrected chi connectivity index (χ0v) is 17.2. The van der Waals surface area contributed by atoms with Crippen LogP contribution in [0.2, 0.25) is 0 Å². The molecule has 1 aliphatic heterocycles. The molecule has 29 heavy (non-hydrogen) atoms. The fourth-order valence-electron chi connectivity index (χ4n) is 3.82. The highest BCUT2D eigenvalue weighted by Crippen LogP contribution is 2.18. The van der Waals surface area contributed by atoms with Crippen LogP contribution in [0.3, 0.4) is 0 Å². The van der Waals surface area contributed by atoms with Gasteiger partial charge >= 0.3 is 0 Å². The molecule has 1 amide bonds. The van der Waals surface area contributed by atoms with Crippen LogP contribution in [0.4, 0.5) is 5.69 Å². The van der Waals surface area contributed by atoms with Crippen molar-refractivity contribution in [3.05, 3.63) is 66.2 Å². The molecule has 2 aromatic rings. The van der Waals surface area contributed by atoms with Crippen LogP contribution in [0.1, 0.15) is 18.9 Å². The van der Waals surface area contributed by atoms with Gasteiger partial charge < -0.3 is 9.80 Å². The number of piperazine rings is 1. The zero-order chi connectivity index (χ0) is 20.5. The number of benzene rings is 2. The van der Waals surface area contributed by atoms with Gasteiger partial charge in [-0.25, -0.2) is 0 Å². The van der Waals surface area contributed by atoms with Gasteiger partial charge in [-0.05, 0) is 31.0 Å². The minimum atomic E-state index is -0.190. The Morgan fingerprint density at radius 2 is 1.66 bits per heavy atom. The van der Waals surface area contributed by atoms with Crippen molar-refractivity contribution in [3.8, 4) is 6.07 Å². The third kappa shape index (κ3) is 5.90. The summed E-state index contributed by atoms with van der Waals surface area (Å²) in [6, 6.07) is 22.2. The summed E-state index contributed by atoms with van der Waals surface area (Å²) in [5.74, 6) is 0.0733. The molecule has 0 saturated carbocycles. The Kier molecular flexibility index (Phi) is 7.80. The third-order valence-corrected chi connectivity index (χ3v) is 5.65. The molecule has 0 radical (unpaired) electrons. The van der Waals surface area contributed by atoms with Crippen molar-refractivity contribution in [2.24, 2.45) is 0 Å². The van der Waals surface area contributed by atoms with Gasteiger partial charge in [-0.15, -0.1) is 0 Å². The van der Waals surface area contributed by atoms with Crippen LogP contribution < -0.4 is 4.90 Å². The highest BCUT2D eigenvalue weighted by molar-refractivity contribution is 5.97. The molecule has 1 saturated heterocycles. The normalized spacial score (nSPS) is 16.1. The molecule has 5 heteroatoms. The summed E-state index contributed by atoms with van der Waals surface area (Å²) in [5.41, 5.74) is 2.23. The molecule has 0 spiro atoms. The molecule has 3 rings (SSSR count). The minimum Gasteiger partial charge on any atom is -0.310 e. The number of hydrogen-bond donors (Lipinski definition) is 0. The number of anilines is 1. The smallest absolute Gasteiger partial charge is 0.244 e. The van der Waals surface area contributed by atoms with Gasteiger partial charge in [0.15, 0.2) is 0 Å². The predicted octanol–water partition coefficient (Wildman–Crippen LogP) is 3.18. The van der Waals surface area contributed by atoms with E-state index in [0.29, 0.717) is 13.0 Å². The Morgan fingerprint density at radius 3 is 2.28 bits per heavy atom. The van der Waals surface area contributed by atoms with Gasteiger partial charge in [0.1, 0.15) is 0 Å². The summed E-state index contributed by atoms with van der Waals surface area (Å²) < 4.78 is 0. The van der Waals surface area contributed by atoms with Gasteiger partial charge in [-0.3, -0.25) is 9.69 Å². The number of rotatable bonds is 8. The average molecular weight is 391 g/mol. The second-order valence-corrected chi connectivity index (χ2v) is 7.52. The first-order valence-electron chi connectivity index (χ1n) is 10.4. The van der Waals surface area contributed by atoms with Crippen LogP contribution in [0.5, 0.6) is 0 Å². The van der Waals surface area contributed by atoms with E-state index in [0.717, 1.165) is 44.8 Å². The van der Waals surface area contributed by atoms with Crippen LogP contribution in [0.15, 0.2) is 60.7 Å². The van der Waals surface area contributed by atoms with Crippen molar-refractivity contribution in [1.82, 2.24) is 9.80 Å². The zero-order valence-electron chi connectivity index (χ0n) is 17.2. The Bertz CT molecular complexity index is 795. The Hall–Kier alpha value is -2.68. The molecule has 1 unspecified atom stereocenters. The quantitative estimate of drug-likeness (QED) is 0.695. The fourth-order valence-corrected chi connectivity index (χ4v) is 3.82. The topological polar surface area (TPSA) is 50.6 Å². The first-order valence-corrected chi connectivity index (χ1v) is 10.4. The van der Waals surface area contributed by atoms with Gasteiger partial charge in [-0.2, -0.15) is 5.26 Å². The summed E-state index contributed by atoms with van der Waals surface area (Å²) in [6.07, 6.45) is 1.39. The highest BCUT2D eigenvalue weighted by Gasteiger charge is 2.29. The number of para-hydroxylation sites is 1. The van der Waals surface area contributed by atoms with Crippen molar-refractivity contribution in [2.45, 2.75) is 25.8 Å². The van der Waals surface area contributed by atoms with E-state index in [1.165, 1.54) is 5.56 Å². The number of nitriles is 1. The molecule has 2 aromatic carbocycles. The van der Waals surface area contributed by atoms with Crippen molar-refractivity contribution in [3.63, 3.8) is 0 Å². The molecule has 152 valence electrons. The molecule has 5 nitrogen and oxygen atoms in total. The second-order valence-electron chi connectivity index (χ2n) is 7.52. The van der Waals surface area contributed by atoms with Crippen LogP contribution in [-0.4, -0.2) is 61.0 Å². The van der Waals surface area contributed by atoms with Gasteiger partial charge in [0, 0.05) is 45.0 Å². The van der Waals surface area contributed by atoms with Crippen LogP contribution in [-0.2, 0) is 11.2 Å². The Morgan fingerprint density at radius 1 is 1.03 bits per heavy atom. The monoisotopic (exact) mass is 390 g/mol. The largest absolute Gasteiger partial charge is 0.310 e. The van der Waals surface area contributed by atoms with Crippen molar-refractivity contribution >= 4 is 11.6 Å². The van der Waals surface area contributed by atoms with Crippen molar-refractivity contribution in [2.75, 3.05) is 44.2 Å². The molecule has 0 aliphatic carbocycles. The van der Waals surface area contributed by atoms with Gasteiger partial charge in [-0.1, -0.05) is 48.5 Å². The maximum absolute atomic E-state index is 13.2. The van der Waals surface area contributed by atoms with E-state index in [9.17, 15) is 4.79 Å². The number of carbonyl (C=O) groups excluding carboxylic acids is 1. The van der Waals surface area contributed by atoms with E-state index < -0.39 is 0 Å². The van der Waals surface area contributed by atoms with E-state index in [4.69, 9.17) is 5.26 Å². The highest BCUT2D eigenvalue weighted by atomic mass is 16.2. The number of nitrogens with zero attached hydrogens (tertiary/aromatic N) is 4. The number of hydrogen-bond acceptors (Lipinski definition) is 4. The SMILES string of the molecule is CC(C(=O)N(CCC#N)c1ccccc1)N1CCN(CCc2ccccc2)CC1. The molecule has 1 atom stereocenters. The van der Waals surface area contributed by atoms with E-state index in [1.807, 2.05) is 37.3 Å². The lowest BCUT2D eigenvalue weighted by atomic mass is 10.1. The van der Waals surface area contributed by atoms with Crippen molar-refractivity contribution < 1.29 is 4.79 Å². The summed E-state index contributed by atoms with van der Waals surface area (Å²) in [7, 11) is 0. The van der Waals surface area contributed by atoms with Crippen LogP contribution >= 0.6 is 0 Å². The summed E-state index contributed by atoms with van der Waals surface area (Å²) in [6.45, 7) is 7.22. The molecule has 0 bridgehead atoms. The van der Waals surface area contributed by atoms with E-state index in [-0.39, 0.29) is 11.9 Å². The lowest BCUT2D eigenvalue weighted by Gasteiger charge is -2.39. The van der Waals surface area contributed by atoms with Gasteiger partial charge in [0.05, 0.1) is 18.5 Å².